The fraction of sp³-hybridized carbons (Fsp3) is 0.250. The van der Waals surface area contributed by atoms with E-state index in [1.54, 1.807) is 12.1 Å². The van der Waals surface area contributed by atoms with Gasteiger partial charge in [-0.1, -0.05) is 24.3 Å². The van der Waals surface area contributed by atoms with Crippen molar-refractivity contribution in [3.63, 3.8) is 0 Å². The number of rotatable bonds is 7. The fourth-order valence-corrected chi connectivity index (χ4v) is 3.10. The average molecular weight is 381 g/mol. The van der Waals surface area contributed by atoms with Crippen molar-refractivity contribution in [3.05, 3.63) is 59.7 Å². The summed E-state index contributed by atoms with van der Waals surface area (Å²) in [5.41, 5.74) is 5.96. The lowest BCUT2D eigenvalue weighted by atomic mass is 10.1. The lowest BCUT2D eigenvalue weighted by Crippen LogP contribution is -2.33. The van der Waals surface area contributed by atoms with Gasteiger partial charge in [0.1, 0.15) is 6.04 Å². The number of hydrogen-bond donors (Lipinski definition) is 4. The molecule has 3 rings (SSSR count). The van der Waals surface area contributed by atoms with Crippen molar-refractivity contribution in [1.29, 1.82) is 0 Å². The highest BCUT2D eigenvalue weighted by atomic mass is 16.2. The van der Waals surface area contributed by atoms with Crippen LogP contribution in [-0.2, 0) is 22.4 Å². The Bertz CT molecular complexity index is 864. The highest BCUT2D eigenvalue weighted by molar-refractivity contribution is 6.04. The smallest absolute Gasteiger partial charge is 0.324 e. The molecule has 5 N–H and O–H groups in total. The summed E-state index contributed by atoms with van der Waals surface area (Å²) in [5.74, 6) is 4.97. The molecule has 0 spiro atoms. The minimum atomic E-state index is -0.581. The molecule has 1 heterocycles. The zero-order valence-corrected chi connectivity index (χ0v) is 15.6. The Morgan fingerprint density at radius 3 is 2.25 bits per heavy atom. The number of hydrogen-bond acceptors (Lipinski definition) is 5. The molecule has 0 aromatic heterocycles. The minimum absolute atomic E-state index is 0.143. The molecule has 0 saturated carbocycles. The number of nitrogens with two attached hydrogens (primary N) is 1. The van der Waals surface area contributed by atoms with Gasteiger partial charge in [0.2, 0.25) is 5.91 Å². The van der Waals surface area contributed by atoms with E-state index in [2.05, 4.69) is 16.1 Å². The number of anilines is 2. The third-order valence-corrected chi connectivity index (χ3v) is 4.57. The molecule has 1 aliphatic heterocycles. The predicted molar refractivity (Wildman–Crippen MR) is 106 cm³/mol. The molecular weight excluding hydrogens is 358 g/mol. The maximum Gasteiger partial charge on any atom is 0.324 e. The maximum atomic E-state index is 12.6. The van der Waals surface area contributed by atoms with Crippen molar-refractivity contribution in [1.82, 2.24) is 10.2 Å². The fourth-order valence-electron chi connectivity index (χ4n) is 3.10. The van der Waals surface area contributed by atoms with Crippen LogP contribution in [-0.4, -0.2) is 35.3 Å². The van der Waals surface area contributed by atoms with Gasteiger partial charge in [0, 0.05) is 31.3 Å². The van der Waals surface area contributed by atoms with Crippen LogP contribution in [0.25, 0.3) is 0 Å². The molecule has 1 aliphatic rings. The molecule has 2 aromatic carbocycles. The number of nitrogens with one attached hydrogen (secondary N) is 3. The zero-order valence-electron chi connectivity index (χ0n) is 15.6. The SMILES string of the molecule is CC(=O)Nc1ccc(CC2NC(=O)N(CCc3ccc(NN)cc3)C2=O)cc1. The van der Waals surface area contributed by atoms with Crippen LogP contribution in [0.4, 0.5) is 16.2 Å². The summed E-state index contributed by atoms with van der Waals surface area (Å²) >= 11 is 0. The number of carbonyl (C=O) groups excluding carboxylic acids is 3. The number of nitrogens with zero attached hydrogens (tertiary/aromatic N) is 1. The van der Waals surface area contributed by atoms with Gasteiger partial charge in [-0.3, -0.25) is 20.3 Å². The van der Waals surface area contributed by atoms with Gasteiger partial charge in [0.25, 0.3) is 5.91 Å². The molecule has 1 saturated heterocycles. The number of urea groups is 1. The normalized spacial score (nSPS) is 16.1. The van der Waals surface area contributed by atoms with E-state index in [4.69, 9.17) is 5.84 Å². The van der Waals surface area contributed by atoms with Crippen LogP contribution in [0.5, 0.6) is 0 Å². The second-order valence-electron chi connectivity index (χ2n) is 6.67. The van der Waals surface area contributed by atoms with E-state index in [-0.39, 0.29) is 17.8 Å². The molecule has 4 amide bonds. The molecule has 2 aromatic rings. The van der Waals surface area contributed by atoms with Gasteiger partial charge in [-0.05, 0) is 41.8 Å². The first-order valence-corrected chi connectivity index (χ1v) is 9.00. The van der Waals surface area contributed by atoms with Gasteiger partial charge < -0.3 is 16.1 Å². The van der Waals surface area contributed by atoms with Crippen molar-refractivity contribution in [2.45, 2.75) is 25.8 Å². The monoisotopic (exact) mass is 381 g/mol. The number of amides is 4. The van der Waals surface area contributed by atoms with Crippen molar-refractivity contribution < 1.29 is 14.4 Å². The molecule has 1 fully saturated rings. The summed E-state index contributed by atoms with van der Waals surface area (Å²) in [6, 6.07) is 13.8. The van der Waals surface area contributed by atoms with Crippen LogP contribution < -0.4 is 21.9 Å². The Morgan fingerprint density at radius 2 is 1.64 bits per heavy atom. The zero-order chi connectivity index (χ0) is 20.1. The van der Waals surface area contributed by atoms with E-state index in [0.29, 0.717) is 25.1 Å². The van der Waals surface area contributed by atoms with Crippen LogP contribution in [0.1, 0.15) is 18.1 Å². The Labute approximate surface area is 163 Å². The summed E-state index contributed by atoms with van der Waals surface area (Å²) in [6.07, 6.45) is 0.973. The van der Waals surface area contributed by atoms with E-state index in [1.807, 2.05) is 36.4 Å². The van der Waals surface area contributed by atoms with E-state index in [1.165, 1.54) is 11.8 Å². The van der Waals surface area contributed by atoms with Crippen LogP contribution in [0.15, 0.2) is 48.5 Å². The highest BCUT2D eigenvalue weighted by Crippen LogP contribution is 2.16. The Kier molecular flexibility index (Phi) is 5.90. The van der Waals surface area contributed by atoms with E-state index in [0.717, 1.165) is 16.8 Å². The number of hydrazine groups is 1. The Morgan fingerprint density at radius 1 is 1.04 bits per heavy atom. The summed E-state index contributed by atoms with van der Waals surface area (Å²) in [5, 5.41) is 5.44. The lowest BCUT2D eigenvalue weighted by molar-refractivity contribution is -0.127. The van der Waals surface area contributed by atoms with Gasteiger partial charge in [-0.15, -0.1) is 0 Å². The van der Waals surface area contributed by atoms with Gasteiger partial charge in [0.05, 0.1) is 0 Å². The molecule has 8 heteroatoms. The van der Waals surface area contributed by atoms with Crippen LogP contribution in [0.2, 0.25) is 0 Å². The second kappa shape index (κ2) is 8.53. The number of imide groups is 1. The molecule has 146 valence electrons. The van der Waals surface area contributed by atoms with Crippen LogP contribution in [0, 0.1) is 0 Å². The molecule has 1 atom stereocenters. The first-order chi connectivity index (χ1) is 13.5. The molecule has 1 unspecified atom stereocenters. The van der Waals surface area contributed by atoms with E-state index in [9.17, 15) is 14.4 Å². The van der Waals surface area contributed by atoms with Gasteiger partial charge in [0.15, 0.2) is 0 Å². The number of carbonyl (C=O) groups is 3. The molecular formula is C20H23N5O3. The molecule has 0 bridgehead atoms. The van der Waals surface area contributed by atoms with Crippen LogP contribution in [0.3, 0.4) is 0 Å². The Balaban J connectivity index is 1.57. The van der Waals surface area contributed by atoms with Crippen molar-refractivity contribution in [2.24, 2.45) is 5.84 Å². The molecule has 28 heavy (non-hydrogen) atoms. The molecule has 0 radical (unpaired) electrons. The van der Waals surface area contributed by atoms with Crippen molar-refractivity contribution >= 4 is 29.2 Å². The third-order valence-electron chi connectivity index (χ3n) is 4.57. The summed E-state index contributed by atoms with van der Waals surface area (Å²) in [4.78, 5) is 37.1. The van der Waals surface area contributed by atoms with E-state index < -0.39 is 6.04 Å². The Hall–Kier alpha value is -3.39. The standard InChI is InChI=1S/C20H23N5O3/c1-13(26)22-16-6-4-15(5-7-16)12-18-19(27)25(20(28)23-18)11-10-14-2-8-17(24-21)9-3-14/h2-9,18,24H,10-12,21H2,1H3,(H,22,26)(H,23,28). The number of benzene rings is 2. The summed E-state index contributed by atoms with van der Waals surface area (Å²) in [7, 11) is 0. The molecule has 0 aliphatic carbocycles. The highest BCUT2D eigenvalue weighted by Gasteiger charge is 2.37. The summed E-state index contributed by atoms with van der Waals surface area (Å²) in [6.45, 7) is 1.76. The van der Waals surface area contributed by atoms with Crippen LogP contribution >= 0.6 is 0 Å². The molecule has 8 nitrogen and oxygen atoms in total. The van der Waals surface area contributed by atoms with Gasteiger partial charge in [-0.2, -0.15) is 0 Å². The minimum Gasteiger partial charge on any atom is -0.326 e. The largest absolute Gasteiger partial charge is 0.326 e. The first-order valence-electron chi connectivity index (χ1n) is 9.00. The van der Waals surface area contributed by atoms with Crippen molar-refractivity contribution in [3.8, 4) is 0 Å². The third kappa shape index (κ3) is 4.66. The van der Waals surface area contributed by atoms with Gasteiger partial charge >= 0.3 is 6.03 Å². The first kappa shape index (κ1) is 19.4. The van der Waals surface area contributed by atoms with Gasteiger partial charge in [-0.25, -0.2) is 4.79 Å². The van der Waals surface area contributed by atoms with E-state index >= 15 is 0 Å². The lowest BCUT2D eigenvalue weighted by Gasteiger charge is -2.13. The van der Waals surface area contributed by atoms with Crippen molar-refractivity contribution in [2.75, 3.05) is 17.3 Å². The predicted octanol–water partition coefficient (Wildman–Crippen LogP) is 1.64. The second-order valence-corrected chi connectivity index (χ2v) is 6.67. The summed E-state index contributed by atoms with van der Waals surface area (Å²) < 4.78 is 0. The topological polar surface area (TPSA) is 117 Å². The maximum absolute atomic E-state index is 12.6. The quantitative estimate of drug-likeness (QED) is 0.330. The number of nitrogen functional groups attached to an aromatic ring is 1. The average Bonchev–Trinajstić information content (AvgIpc) is 2.94.